The first-order chi connectivity index (χ1) is 47.5. The largest absolute Gasteiger partial charge is 0.508 e. The minimum absolute atomic E-state index is 0. The second-order valence-corrected chi connectivity index (χ2v) is 29.2. The predicted molar refractivity (Wildman–Crippen MR) is 379 cm³/mol. The van der Waals surface area contributed by atoms with Gasteiger partial charge in [0.25, 0.3) is 0 Å². The molecule has 11 heterocycles. The number of aromatic nitrogens is 2. The number of phenolic OH excluding ortho intramolecular Hbond substituents is 1. The van der Waals surface area contributed by atoms with Crippen LogP contribution in [-0.2, 0) is 93.8 Å². The number of nitrogens with zero attached hydrogens (tertiary/aromatic N) is 2. The molecule has 11 aliphatic rings. The van der Waals surface area contributed by atoms with Crippen LogP contribution in [0.25, 0.3) is 21.8 Å². The fourth-order valence-corrected chi connectivity index (χ4v) is 17.9. The van der Waals surface area contributed by atoms with Crippen molar-refractivity contribution in [3.8, 4) is 11.5 Å². The highest BCUT2D eigenvalue weighted by atomic mass is 79.9. The number of aromatic hydroxyl groups is 1. The monoisotopic (exact) mass is 1580 g/mol. The van der Waals surface area contributed by atoms with E-state index in [-0.39, 0.29) is 48.5 Å². The lowest BCUT2D eigenvalue weighted by atomic mass is 9.65. The molecule has 568 valence electrons. The SMILES string of the molecule is Br.CC(=O)OC[C@H]1O[C@H](Br)[C@@H](OC(C)=O)[C@@H](OC(C)=O)[C@@H]1C.CC(=O)OC[C@H]1O[C@H](OC(C)=O)[C@@H](OC(C)=O)[C@@H](OC(C)=O)[C@@H]1C.CC[C@H]1C[C@H]2C[C@H]3c4[nH]c5ccc(O)cc5c4CCN(C2)C13.CC[C@H]1C[C@H]2C[C@H]3c4[nH]c5ccc(O[C@H]6O[C@H](CO)[C@@H](O)[C@H](O)[C@@H]6O)cc5c4CCN(C2)C13.Cl. The number of carbonyl (C=O) groups excluding carboxylic acids is 7. The number of rotatable bonds is 14. The zero-order valence-corrected chi connectivity index (χ0v) is 63.6. The summed E-state index contributed by atoms with van der Waals surface area (Å²) in [4.78, 5) is 91.4. The fraction of sp³-hybridized carbons (Fsp3) is 0.681. The first kappa shape index (κ1) is 82.0. The number of nitrogens with one attached hydrogen (secondary N) is 2. The number of aliphatic hydroxyl groups excluding tert-OH is 4. The van der Waals surface area contributed by atoms with Crippen LogP contribution >= 0.6 is 45.3 Å². The van der Waals surface area contributed by atoms with Crippen LogP contribution < -0.4 is 4.74 Å². The number of phenols is 1. The molecule has 4 aromatic rings. The van der Waals surface area contributed by atoms with E-state index in [1.165, 1.54) is 133 Å². The maximum atomic E-state index is 11.4. The van der Waals surface area contributed by atoms with E-state index in [4.69, 9.17) is 52.1 Å². The maximum absolute atomic E-state index is 11.4. The number of hydrogen-bond acceptors (Lipinski definition) is 25. The highest BCUT2D eigenvalue weighted by Gasteiger charge is 2.53. The second kappa shape index (κ2) is 35.6. The van der Waals surface area contributed by atoms with Gasteiger partial charge in [-0.05, 0) is 110 Å². The Morgan fingerprint density at radius 1 is 0.549 bits per heavy atom. The number of benzene rings is 2. The van der Waals surface area contributed by atoms with Gasteiger partial charge in [-0.25, -0.2) is 0 Å². The van der Waals surface area contributed by atoms with Gasteiger partial charge < -0.3 is 87.6 Å². The Bertz CT molecular complexity index is 3580. The molecule has 27 nitrogen and oxygen atoms in total. The third kappa shape index (κ3) is 18.6. The summed E-state index contributed by atoms with van der Waals surface area (Å²) < 4.78 is 58.4. The lowest BCUT2D eigenvalue weighted by Gasteiger charge is -2.53. The average Bonchev–Trinajstić information content (AvgIpc) is 1.57. The van der Waals surface area contributed by atoms with Crippen molar-refractivity contribution >= 4 is 109 Å². The summed E-state index contributed by atoms with van der Waals surface area (Å²) in [6, 6.07) is 12.9. The summed E-state index contributed by atoms with van der Waals surface area (Å²) in [6.45, 7) is 21.0. The number of hydrogen-bond donors (Lipinski definition) is 7. The van der Waals surface area contributed by atoms with Crippen molar-refractivity contribution in [2.45, 2.75) is 230 Å². The number of piperidine rings is 4. The fourth-order valence-electron chi connectivity index (χ4n) is 17.2. The minimum Gasteiger partial charge on any atom is -0.508 e. The Balaban J connectivity index is 0.000000175. The average molecular weight is 1590 g/mol. The van der Waals surface area contributed by atoms with Crippen molar-refractivity contribution in [2.75, 3.05) is 46.0 Å². The van der Waals surface area contributed by atoms with Crippen LogP contribution in [0.3, 0.4) is 0 Å². The first-order valence-corrected chi connectivity index (χ1v) is 36.0. The zero-order chi connectivity index (χ0) is 72.3. The number of carbonyl (C=O) groups is 7. The number of H-pyrrole nitrogens is 2. The van der Waals surface area contributed by atoms with E-state index < -0.39 is 133 Å². The molecule has 9 fully saturated rings. The van der Waals surface area contributed by atoms with Crippen molar-refractivity contribution in [2.24, 2.45) is 35.5 Å². The maximum Gasteiger partial charge on any atom is 0.305 e. The van der Waals surface area contributed by atoms with Gasteiger partial charge in [-0.1, -0.05) is 56.5 Å². The summed E-state index contributed by atoms with van der Waals surface area (Å²) in [5.41, 5.74) is 7.98. The molecule has 15 rings (SSSR count). The lowest BCUT2D eigenvalue weighted by molar-refractivity contribution is -0.286. The Kier molecular flexibility index (Phi) is 28.6. The number of halogens is 3. The van der Waals surface area contributed by atoms with E-state index in [1.807, 2.05) is 30.3 Å². The van der Waals surface area contributed by atoms with Crippen LogP contribution in [-0.4, -0.2) is 224 Å². The van der Waals surface area contributed by atoms with Crippen molar-refractivity contribution in [1.29, 1.82) is 0 Å². The standard InChI is InChI=1S/C25H34N2O6.C19H24N2O.C15H22O9.C13H19BrO7.BrH.ClH/c1-2-13-7-12-8-17-20-15(5-6-27(10-12)21(13)17)16-9-14(3-4-18(16)26-20)32-25-24(31)23(30)22(29)19(11-28)33-25;1-2-12-7-11-8-16-18-14(5-6-21(10-11)19(12)16)15-9-13(22)3-4-17(15)20-18;1-7-12(6-20-8(2)16)24-15(23-11(5)19)14(22-10(4)18)13(7)21-9(3)17;1-6-10(5-18-7(2)15)21-13(14)12(20-9(4)17)11(6)19-8(3)16;;/h3-4,9,12-13,17,19,21-26,28-31H,2,5-8,10-11H2,1H3;3-4,9,11-12,16,19-20,22H,2,5-8,10H2,1H3;7,12-15H,6H2,1-5H3;6,10-13H,5H2,1-4H3;2*1H/t12-,13-,17-,19+,21?,22+,23-,24-,25-;11-,12-,16-,19?;7-,12-,13+,14+,15+;6-,10-,11+,12+,13+;;/m0011../s1. The molecule has 8 bridgehead atoms. The summed E-state index contributed by atoms with van der Waals surface area (Å²) in [7, 11) is 0. The van der Waals surface area contributed by atoms with Gasteiger partial charge in [0.05, 0.1) is 12.7 Å². The molecule has 0 spiro atoms. The molecule has 30 heteroatoms. The topological polar surface area (TPSA) is 360 Å². The third-order valence-corrected chi connectivity index (χ3v) is 22.2. The van der Waals surface area contributed by atoms with Gasteiger partial charge >= 0.3 is 41.8 Å². The van der Waals surface area contributed by atoms with Crippen molar-refractivity contribution < 1.29 is 111 Å². The number of ether oxygens (including phenoxy) is 11. The molecule has 0 amide bonds. The molecule has 7 N–H and O–H groups in total. The van der Waals surface area contributed by atoms with Crippen molar-refractivity contribution in [3.05, 3.63) is 58.9 Å². The molecule has 0 radical (unpaired) electrons. The summed E-state index contributed by atoms with van der Waals surface area (Å²) in [6.07, 6.45) is -2.36. The van der Waals surface area contributed by atoms with Crippen molar-refractivity contribution in [3.63, 3.8) is 0 Å². The van der Waals surface area contributed by atoms with Gasteiger partial charge in [-0.3, -0.25) is 43.4 Å². The van der Waals surface area contributed by atoms with Gasteiger partial charge in [-0.2, -0.15) is 0 Å². The van der Waals surface area contributed by atoms with E-state index in [9.17, 15) is 59.1 Å². The van der Waals surface area contributed by atoms with Crippen LogP contribution in [0.5, 0.6) is 11.5 Å². The Hall–Kier alpha value is -5.70. The summed E-state index contributed by atoms with van der Waals surface area (Å²) in [5.74, 6) is 0.774. The highest BCUT2D eigenvalue weighted by Crippen LogP contribution is 2.53. The number of esters is 7. The zero-order valence-electron chi connectivity index (χ0n) is 59.5. The quantitative estimate of drug-likeness (QED) is 0.0371. The molecule has 2 saturated carbocycles. The van der Waals surface area contributed by atoms with Gasteiger partial charge in [0, 0.05) is 144 Å². The van der Waals surface area contributed by atoms with E-state index >= 15 is 0 Å². The van der Waals surface area contributed by atoms with Gasteiger partial charge in [0.1, 0.15) is 67.4 Å². The molecule has 2 aliphatic carbocycles. The molecular weight excluding hydrogens is 1480 g/mol. The first-order valence-electron chi connectivity index (χ1n) is 35.1. The molecule has 4 unspecified atom stereocenters. The van der Waals surface area contributed by atoms with Crippen LogP contribution in [0.4, 0.5) is 0 Å². The summed E-state index contributed by atoms with van der Waals surface area (Å²) in [5, 5.41) is 51.4. The molecule has 25 atom stereocenters. The van der Waals surface area contributed by atoms with Crippen molar-refractivity contribution in [1.82, 2.24) is 19.8 Å². The normalized spacial score (nSPS) is 35.0. The Morgan fingerprint density at radius 2 is 0.990 bits per heavy atom. The smallest absolute Gasteiger partial charge is 0.305 e. The molecule has 2 aromatic heterocycles. The van der Waals surface area contributed by atoms with E-state index in [0.717, 1.165) is 66.9 Å². The molecule has 7 saturated heterocycles. The van der Waals surface area contributed by atoms with E-state index in [0.29, 0.717) is 29.4 Å². The molecular formula is C72H101Br2ClN4O23. The Morgan fingerprint density at radius 3 is 1.46 bits per heavy atom. The molecule has 2 aromatic carbocycles. The van der Waals surface area contributed by atoms with Crippen LogP contribution in [0.1, 0.15) is 149 Å². The van der Waals surface area contributed by atoms with Gasteiger partial charge in [0.2, 0.25) is 18.7 Å². The number of alkyl halides is 1. The highest BCUT2D eigenvalue weighted by molar-refractivity contribution is 9.09. The van der Waals surface area contributed by atoms with Crippen LogP contribution in [0, 0.1) is 35.5 Å². The Labute approximate surface area is 618 Å². The molecule has 102 heavy (non-hydrogen) atoms. The van der Waals surface area contributed by atoms with E-state index in [2.05, 4.69) is 49.5 Å². The third-order valence-electron chi connectivity index (χ3n) is 21.5. The van der Waals surface area contributed by atoms with Gasteiger partial charge in [0.15, 0.2) is 11.1 Å². The van der Waals surface area contributed by atoms with Crippen LogP contribution in [0.15, 0.2) is 36.4 Å². The van der Waals surface area contributed by atoms with Gasteiger partial charge in [-0.15, -0.1) is 29.4 Å². The van der Waals surface area contributed by atoms with E-state index in [1.54, 1.807) is 19.9 Å². The minimum atomic E-state index is -1.46. The second-order valence-electron chi connectivity index (χ2n) is 28.3. The summed E-state index contributed by atoms with van der Waals surface area (Å²) >= 11 is 3.26. The number of fused-ring (bicyclic) bond motifs is 8. The van der Waals surface area contributed by atoms with Crippen LogP contribution in [0.2, 0.25) is 0 Å². The number of aliphatic hydroxyl groups is 4. The predicted octanol–water partition coefficient (Wildman–Crippen LogP) is 7.25. The molecule has 9 aliphatic heterocycles. The lowest BCUT2D eigenvalue weighted by Crippen LogP contribution is -2.60. The number of aromatic amines is 2.